The predicted molar refractivity (Wildman–Crippen MR) is 86.8 cm³/mol. The zero-order chi connectivity index (χ0) is 18.5. The molecule has 2 aliphatic heterocycles. The number of rotatable bonds is 1. The van der Waals surface area contributed by atoms with Crippen molar-refractivity contribution in [3.63, 3.8) is 0 Å². The second kappa shape index (κ2) is 6.37. The van der Waals surface area contributed by atoms with Gasteiger partial charge in [-0.1, -0.05) is 6.08 Å². The Kier molecular flexibility index (Phi) is 4.29. The fourth-order valence-electron chi connectivity index (χ4n) is 4.23. The van der Waals surface area contributed by atoms with E-state index in [2.05, 4.69) is 5.32 Å². The Bertz CT molecular complexity index is 770. The van der Waals surface area contributed by atoms with Gasteiger partial charge >= 0.3 is 6.18 Å². The summed E-state index contributed by atoms with van der Waals surface area (Å²) in [5, 5.41) is 3.27. The lowest BCUT2D eigenvalue weighted by Crippen LogP contribution is -2.45. The second-order valence-corrected chi connectivity index (χ2v) is 7.05. The molecular weight excluding hydrogens is 353 g/mol. The van der Waals surface area contributed by atoms with Crippen molar-refractivity contribution in [3.05, 3.63) is 53.1 Å². The summed E-state index contributed by atoms with van der Waals surface area (Å²) in [6, 6.07) is 3.35. The molecule has 2 unspecified atom stereocenters. The standard InChI is InChI=1S/C19H18F5NO/c20-14-5-3-10(8-15(14)21)17-12-2-1-7-26-18(12)13-9-11(19(22,23)24)4-6-16(13)25-17/h3-6,9-10,12,17-18,25H,1-2,7-8H2/t10?,12-,17-,18?/m0/s1. The molecule has 2 heterocycles. The molecule has 0 radical (unpaired) electrons. The number of fused-ring (bicyclic) bond motifs is 3. The summed E-state index contributed by atoms with van der Waals surface area (Å²) in [6.45, 7) is 0.479. The van der Waals surface area contributed by atoms with E-state index in [9.17, 15) is 22.0 Å². The van der Waals surface area contributed by atoms with Crippen molar-refractivity contribution in [2.75, 3.05) is 11.9 Å². The zero-order valence-corrected chi connectivity index (χ0v) is 13.8. The van der Waals surface area contributed by atoms with E-state index >= 15 is 0 Å². The van der Waals surface area contributed by atoms with Crippen LogP contribution in [0.4, 0.5) is 27.6 Å². The van der Waals surface area contributed by atoms with Gasteiger partial charge in [0.2, 0.25) is 0 Å². The van der Waals surface area contributed by atoms with Gasteiger partial charge in [0.25, 0.3) is 0 Å². The van der Waals surface area contributed by atoms with E-state index in [1.807, 2.05) is 0 Å². The third-order valence-corrected chi connectivity index (χ3v) is 5.46. The van der Waals surface area contributed by atoms with Gasteiger partial charge in [-0.25, -0.2) is 8.78 Å². The van der Waals surface area contributed by atoms with E-state index in [4.69, 9.17) is 4.74 Å². The van der Waals surface area contributed by atoms with Crippen LogP contribution in [0.5, 0.6) is 0 Å². The maximum atomic E-state index is 13.8. The van der Waals surface area contributed by atoms with Crippen molar-refractivity contribution in [1.82, 2.24) is 0 Å². The van der Waals surface area contributed by atoms with Gasteiger partial charge in [-0.15, -0.1) is 0 Å². The van der Waals surface area contributed by atoms with Crippen LogP contribution in [0.25, 0.3) is 0 Å². The molecule has 2 nitrogen and oxygen atoms in total. The number of hydrogen-bond acceptors (Lipinski definition) is 2. The highest BCUT2D eigenvalue weighted by Gasteiger charge is 2.43. The molecule has 1 aromatic carbocycles. The first-order chi connectivity index (χ1) is 12.3. The number of allylic oxidation sites excluding steroid dienone is 3. The quantitative estimate of drug-likeness (QED) is 0.640. The van der Waals surface area contributed by atoms with Crippen molar-refractivity contribution < 1.29 is 26.7 Å². The van der Waals surface area contributed by atoms with Crippen LogP contribution in [-0.4, -0.2) is 12.6 Å². The Balaban J connectivity index is 1.69. The molecule has 0 saturated carbocycles. The first kappa shape index (κ1) is 17.5. The molecule has 7 heteroatoms. The molecular formula is C19H18F5NO. The van der Waals surface area contributed by atoms with Crippen LogP contribution < -0.4 is 5.32 Å². The van der Waals surface area contributed by atoms with E-state index < -0.39 is 29.5 Å². The van der Waals surface area contributed by atoms with Crippen LogP contribution in [0.1, 0.15) is 36.5 Å². The summed E-state index contributed by atoms with van der Waals surface area (Å²) < 4.78 is 72.1. The largest absolute Gasteiger partial charge is 0.416 e. The molecule has 0 aromatic heterocycles. The number of ether oxygens (including phenoxy) is 1. The Morgan fingerprint density at radius 3 is 2.69 bits per heavy atom. The van der Waals surface area contributed by atoms with E-state index in [-0.39, 0.29) is 24.3 Å². The highest BCUT2D eigenvalue weighted by atomic mass is 19.4. The molecule has 26 heavy (non-hydrogen) atoms. The minimum absolute atomic E-state index is 0.0564. The summed E-state index contributed by atoms with van der Waals surface area (Å²) >= 11 is 0. The molecule has 1 N–H and O–H groups in total. The average Bonchev–Trinajstić information content (AvgIpc) is 2.62. The van der Waals surface area contributed by atoms with E-state index in [0.717, 1.165) is 31.1 Å². The van der Waals surface area contributed by atoms with E-state index in [0.29, 0.717) is 17.9 Å². The molecule has 1 aliphatic carbocycles. The minimum Gasteiger partial charge on any atom is -0.381 e. The number of benzene rings is 1. The number of hydrogen-bond donors (Lipinski definition) is 1. The van der Waals surface area contributed by atoms with Crippen LogP contribution >= 0.6 is 0 Å². The number of nitrogens with one attached hydrogen (secondary N) is 1. The first-order valence-corrected chi connectivity index (χ1v) is 8.66. The van der Waals surface area contributed by atoms with Crippen molar-refractivity contribution in [2.45, 2.75) is 37.6 Å². The zero-order valence-electron chi connectivity index (χ0n) is 13.8. The second-order valence-electron chi connectivity index (χ2n) is 7.05. The van der Waals surface area contributed by atoms with Crippen molar-refractivity contribution in [2.24, 2.45) is 11.8 Å². The molecule has 4 rings (SSSR count). The maximum Gasteiger partial charge on any atom is 0.416 e. The molecule has 1 fully saturated rings. The van der Waals surface area contributed by atoms with Crippen LogP contribution in [-0.2, 0) is 10.9 Å². The van der Waals surface area contributed by atoms with Crippen LogP contribution in [0.15, 0.2) is 42.0 Å². The van der Waals surface area contributed by atoms with Gasteiger partial charge in [0.1, 0.15) is 5.83 Å². The molecule has 1 saturated heterocycles. The van der Waals surface area contributed by atoms with Crippen LogP contribution in [0, 0.1) is 11.8 Å². The smallest absolute Gasteiger partial charge is 0.381 e. The lowest BCUT2D eigenvalue weighted by molar-refractivity contribution is -0.137. The molecule has 140 valence electrons. The van der Waals surface area contributed by atoms with Gasteiger partial charge in [0, 0.05) is 42.2 Å². The van der Waals surface area contributed by atoms with Gasteiger partial charge in [-0.2, -0.15) is 13.2 Å². The summed E-state index contributed by atoms with van der Waals surface area (Å²) in [6.07, 6.45) is -0.637. The summed E-state index contributed by atoms with van der Waals surface area (Å²) in [4.78, 5) is 0. The van der Waals surface area contributed by atoms with Crippen molar-refractivity contribution >= 4 is 5.69 Å². The van der Waals surface area contributed by atoms with Crippen molar-refractivity contribution in [3.8, 4) is 0 Å². The molecule has 1 aromatic rings. The Labute approximate surface area is 147 Å². The third kappa shape index (κ3) is 3.02. The predicted octanol–water partition coefficient (Wildman–Crippen LogP) is 5.69. The SMILES string of the molecule is FC1=C(F)CC([C@@H]2Nc3ccc(C(F)(F)F)cc3C3OCCC[C@H]32)C=C1. The third-order valence-electron chi connectivity index (χ3n) is 5.46. The normalized spacial score (nSPS) is 31.3. The lowest BCUT2D eigenvalue weighted by atomic mass is 9.73. The summed E-state index contributed by atoms with van der Waals surface area (Å²) in [5.74, 6) is -2.02. The summed E-state index contributed by atoms with van der Waals surface area (Å²) in [5.41, 5.74) is 0.343. The molecule has 0 spiro atoms. The Hall–Kier alpha value is -1.89. The number of anilines is 1. The fraction of sp³-hybridized carbons (Fsp3) is 0.474. The van der Waals surface area contributed by atoms with Gasteiger partial charge in [0.05, 0.1) is 11.7 Å². The van der Waals surface area contributed by atoms with E-state index in [1.165, 1.54) is 6.07 Å². The first-order valence-electron chi connectivity index (χ1n) is 8.66. The molecule has 4 atom stereocenters. The number of halogens is 5. The highest BCUT2D eigenvalue weighted by Crippen LogP contribution is 2.48. The van der Waals surface area contributed by atoms with Gasteiger partial charge in [-0.3, -0.25) is 0 Å². The van der Waals surface area contributed by atoms with Crippen LogP contribution in [0.2, 0.25) is 0 Å². The molecule has 0 amide bonds. The van der Waals surface area contributed by atoms with Gasteiger partial charge < -0.3 is 10.1 Å². The molecule has 3 aliphatic rings. The minimum atomic E-state index is -4.42. The molecule has 0 bridgehead atoms. The Morgan fingerprint density at radius 2 is 1.96 bits per heavy atom. The van der Waals surface area contributed by atoms with Crippen molar-refractivity contribution in [1.29, 1.82) is 0 Å². The van der Waals surface area contributed by atoms with Gasteiger partial charge in [0.15, 0.2) is 5.83 Å². The fourth-order valence-corrected chi connectivity index (χ4v) is 4.23. The number of alkyl halides is 3. The Morgan fingerprint density at radius 1 is 1.15 bits per heavy atom. The van der Waals surface area contributed by atoms with E-state index in [1.54, 1.807) is 6.08 Å². The lowest BCUT2D eigenvalue weighted by Gasteiger charge is -2.46. The average molecular weight is 371 g/mol. The highest BCUT2D eigenvalue weighted by molar-refractivity contribution is 5.58. The summed E-state index contributed by atoms with van der Waals surface area (Å²) in [7, 11) is 0. The van der Waals surface area contributed by atoms with Crippen LogP contribution in [0.3, 0.4) is 0 Å². The topological polar surface area (TPSA) is 21.3 Å². The van der Waals surface area contributed by atoms with Gasteiger partial charge in [-0.05, 0) is 37.1 Å². The monoisotopic (exact) mass is 371 g/mol. The maximum absolute atomic E-state index is 13.8.